The first-order valence-corrected chi connectivity index (χ1v) is 30.5. The molecule has 1 atom stereocenters. The third-order valence-electron chi connectivity index (χ3n) is 17.1. The molecule has 5 nitrogen and oxygen atoms in total. The Balaban J connectivity index is 0.947. The highest BCUT2D eigenvalue weighted by molar-refractivity contribution is 7.23. The van der Waals surface area contributed by atoms with Crippen molar-refractivity contribution in [1.82, 2.24) is 9.55 Å². The number of hydrogen-bond donors (Lipinski definition) is 1. The third-order valence-corrected chi connectivity index (χ3v) is 22.0. The first kappa shape index (κ1) is 42.0. The summed E-state index contributed by atoms with van der Waals surface area (Å²) < 4.78 is 89.6. The summed E-state index contributed by atoms with van der Waals surface area (Å²) in [7, 11) is -3.34. The predicted molar refractivity (Wildman–Crippen MR) is 352 cm³/mol. The van der Waals surface area contributed by atoms with Crippen LogP contribution < -0.4 is 35.3 Å². The number of pyridine rings is 1. The van der Waals surface area contributed by atoms with Gasteiger partial charge in [0.2, 0.25) is 0 Å². The normalized spacial score (nSPS) is 16.0. The monoisotopic (exact) mass is 1110 g/mol. The minimum absolute atomic E-state index is 0.00170. The maximum Gasteiger partial charge on any atom is 0.181 e. The Bertz CT molecular complexity index is 5070. The van der Waals surface area contributed by atoms with Crippen molar-refractivity contribution in [1.29, 1.82) is 0 Å². The number of quaternary nitrogens is 1. The number of aromatic nitrogens is 2. The van der Waals surface area contributed by atoms with E-state index in [9.17, 15) is 4.11 Å². The number of nitrogens with one attached hydrogen (secondary N) is 1. The van der Waals surface area contributed by atoms with E-state index < -0.39 is 21.8 Å². The van der Waals surface area contributed by atoms with Gasteiger partial charge in [-0.05, 0) is 116 Å². The van der Waals surface area contributed by atoms with Gasteiger partial charge in [-0.3, -0.25) is 9.47 Å². The van der Waals surface area contributed by atoms with Crippen molar-refractivity contribution in [2.45, 2.75) is 39.9 Å². The number of nitrogens with zero attached hydrogens (tertiary/aromatic N) is 3. The highest BCUT2D eigenvalue weighted by Gasteiger charge is 2.51. The third kappa shape index (κ3) is 8.27. The largest absolute Gasteiger partial charge is 0.457 e. The summed E-state index contributed by atoms with van der Waals surface area (Å²) in [6, 6.07) is 83.1. The van der Waals surface area contributed by atoms with Crippen molar-refractivity contribution < 1.29 is 22.0 Å². The van der Waals surface area contributed by atoms with Crippen molar-refractivity contribution in [3.8, 4) is 61.8 Å². The fraction of sp³-hybridized carbons (Fsp3) is 0.0897. The van der Waals surface area contributed by atoms with Crippen LogP contribution in [0.3, 0.4) is 0 Å². The van der Waals surface area contributed by atoms with E-state index in [0.29, 0.717) is 46.2 Å². The van der Waals surface area contributed by atoms with E-state index in [2.05, 4.69) is 170 Å². The van der Waals surface area contributed by atoms with E-state index in [4.69, 9.17) is 17.9 Å². The summed E-state index contributed by atoms with van der Waals surface area (Å²) in [5, 5.41) is 6.67. The number of rotatable bonds is 10. The van der Waals surface area contributed by atoms with E-state index in [0.717, 1.165) is 82.5 Å². The Kier molecular flexibility index (Phi) is 10.1. The van der Waals surface area contributed by atoms with Gasteiger partial charge in [0.15, 0.2) is 26.1 Å². The SMILES string of the molecule is [2H]c1c([2H])c(-c2ccccc2)c([NH+]2CN(c3cccc(Oc4cc5c(c6c4-c4ccccc4[Si]6(c4ccccc4)c4ccccc4)c4ccccc4n5-c4cc(C([2H])([2H])[2H])c(-c5ccc(C([2H])([2H])[2H])cc5)cn4)c3)c3ccccc32)c(-c2cccc(C(C)(C)C)c2)c1[2H]. The van der Waals surface area contributed by atoms with Gasteiger partial charge in [-0.2, -0.15) is 0 Å². The van der Waals surface area contributed by atoms with E-state index in [1.165, 1.54) is 27.7 Å². The van der Waals surface area contributed by atoms with E-state index in [-0.39, 0.29) is 34.7 Å². The lowest BCUT2D eigenvalue weighted by atomic mass is 9.85. The topological polar surface area (TPSA) is 34.7 Å². The molecule has 0 bridgehead atoms. The second kappa shape index (κ2) is 20.2. The lowest BCUT2D eigenvalue weighted by molar-refractivity contribution is -0.750. The van der Waals surface area contributed by atoms with Crippen LogP contribution >= 0.6 is 0 Å². The summed E-state index contributed by atoms with van der Waals surface area (Å²) in [6.45, 7) is 1.96. The quantitative estimate of drug-likeness (QED) is 0.139. The molecule has 4 heterocycles. The lowest BCUT2D eigenvalue weighted by Crippen LogP contribution is -3.02. The second-order valence-electron chi connectivity index (χ2n) is 22.9. The van der Waals surface area contributed by atoms with Gasteiger partial charge < -0.3 is 4.74 Å². The number of para-hydroxylation sites is 4. The zero-order chi connectivity index (χ0) is 64.3. The van der Waals surface area contributed by atoms with Crippen molar-refractivity contribution in [2.75, 3.05) is 11.6 Å². The number of benzene rings is 11. The van der Waals surface area contributed by atoms with Crippen molar-refractivity contribution in [3.05, 3.63) is 290 Å². The first-order valence-electron chi connectivity index (χ1n) is 33.0. The minimum atomic E-state index is -3.34. The smallest absolute Gasteiger partial charge is 0.181 e. The molecular formula is C78H63N4OSi+. The number of aryl methyl sites for hydroxylation is 2. The molecule has 84 heavy (non-hydrogen) atoms. The summed E-state index contributed by atoms with van der Waals surface area (Å²) in [5.74, 6) is 1.55. The molecule has 0 aliphatic carbocycles. The molecule has 0 amide bonds. The molecule has 11 aromatic carbocycles. The van der Waals surface area contributed by atoms with Crippen molar-refractivity contribution in [2.24, 2.45) is 0 Å². The molecule has 404 valence electrons. The molecule has 0 radical (unpaired) electrons. The fourth-order valence-corrected chi connectivity index (χ4v) is 18.7. The van der Waals surface area contributed by atoms with Gasteiger partial charge in [-0.15, -0.1) is 0 Å². The highest BCUT2D eigenvalue weighted by atomic mass is 28.3. The lowest BCUT2D eigenvalue weighted by Gasteiger charge is -2.32. The molecule has 0 saturated heterocycles. The zero-order valence-corrected chi connectivity index (χ0v) is 47.7. The van der Waals surface area contributed by atoms with Gasteiger partial charge in [0.05, 0.1) is 20.8 Å². The summed E-state index contributed by atoms with van der Waals surface area (Å²) >= 11 is 0. The van der Waals surface area contributed by atoms with Crippen LogP contribution in [0.4, 0.5) is 22.7 Å². The Hall–Kier alpha value is -9.85. The number of anilines is 2. The van der Waals surface area contributed by atoms with E-state index >= 15 is 0 Å². The summed E-state index contributed by atoms with van der Waals surface area (Å²) in [5.41, 5.74) is 12.0. The molecule has 6 heteroatoms. The molecule has 0 saturated carbocycles. The van der Waals surface area contributed by atoms with Gasteiger partial charge >= 0.3 is 0 Å². The Morgan fingerprint density at radius 3 is 2.00 bits per heavy atom. The summed E-state index contributed by atoms with van der Waals surface area (Å²) in [4.78, 5) is 8.35. The van der Waals surface area contributed by atoms with Crippen LogP contribution in [0.1, 0.15) is 49.8 Å². The van der Waals surface area contributed by atoms with Crippen LogP contribution in [-0.4, -0.2) is 24.3 Å². The molecule has 2 aromatic heterocycles. The molecule has 1 N–H and O–H groups in total. The molecule has 2 aliphatic rings. The highest BCUT2D eigenvalue weighted by Crippen LogP contribution is 2.47. The summed E-state index contributed by atoms with van der Waals surface area (Å²) in [6.07, 6.45) is 1.59. The van der Waals surface area contributed by atoms with Crippen LogP contribution in [0.25, 0.3) is 72.1 Å². The van der Waals surface area contributed by atoms with Crippen molar-refractivity contribution >= 4 is 73.4 Å². The van der Waals surface area contributed by atoms with Crippen molar-refractivity contribution in [3.63, 3.8) is 0 Å². The van der Waals surface area contributed by atoms with Gasteiger partial charge in [0.25, 0.3) is 0 Å². The van der Waals surface area contributed by atoms with E-state index in [1.807, 2.05) is 78.9 Å². The van der Waals surface area contributed by atoms with Crippen LogP contribution in [-0.2, 0) is 5.41 Å². The van der Waals surface area contributed by atoms with Gasteiger partial charge in [-0.1, -0.05) is 233 Å². The average Bonchev–Trinajstić information content (AvgIpc) is 1.51. The first-order chi connectivity index (χ1) is 44.8. The minimum Gasteiger partial charge on any atom is -0.457 e. The molecular weight excluding hydrogens is 1040 g/mol. The average molecular weight is 1110 g/mol. The van der Waals surface area contributed by atoms with Crippen LogP contribution in [0.5, 0.6) is 11.5 Å². The molecule has 0 spiro atoms. The van der Waals surface area contributed by atoms with Crippen LogP contribution in [0.15, 0.2) is 273 Å². The molecule has 15 rings (SSSR count). The molecule has 2 aliphatic heterocycles. The van der Waals surface area contributed by atoms with Gasteiger partial charge in [-0.25, -0.2) is 9.88 Å². The Labute approximate surface area is 505 Å². The number of fused-ring (bicyclic) bond motifs is 8. The van der Waals surface area contributed by atoms with Gasteiger partial charge in [0.1, 0.15) is 23.0 Å². The molecule has 13 aromatic rings. The molecule has 0 fully saturated rings. The predicted octanol–water partition coefficient (Wildman–Crippen LogP) is 16.2. The van der Waals surface area contributed by atoms with Crippen LogP contribution in [0, 0.1) is 13.7 Å². The van der Waals surface area contributed by atoms with E-state index in [1.54, 1.807) is 24.4 Å². The Morgan fingerprint density at radius 2 is 1.24 bits per heavy atom. The number of ether oxygens (including phenoxy) is 1. The maximum absolute atomic E-state index is 9.77. The number of hydrogen-bond acceptors (Lipinski definition) is 3. The standard InChI is InChI=1S/C78H62N4OSi/c1-52-42-44-55(45-43-52)66-50-79-73(46-53(66)2)82-67-38-17-15-34-64(67)74-70(82)49-71(75-65-35-16-20-41-72(65)84(77(74)75,60-30-11-7-12-31-60)61-32-13-8-14-33-61)83-59-29-22-28-58(48-59)80-51-81(69-40-19-18-39-68(69)80)76-62(54-24-9-6-10-25-54)36-23-37-63(76)56-26-21-27-57(47-56)78(3,4)5/h6-50H,51H2,1-5H3/p+1/i1D3,2D3,23D,36D,37D. The second-order valence-corrected chi connectivity index (χ2v) is 26.6. The Morgan fingerprint density at radius 1 is 0.571 bits per heavy atom. The maximum atomic E-state index is 9.77. The fourth-order valence-electron chi connectivity index (χ4n) is 13.3. The molecule has 1 unspecified atom stereocenters. The zero-order valence-electron chi connectivity index (χ0n) is 55.7. The van der Waals surface area contributed by atoms with Crippen LogP contribution in [0.2, 0.25) is 0 Å². The van der Waals surface area contributed by atoms with Gasteiger partial charge in [0, 0.05) is 65.6 Å².